The Kier molecular flexibility index (Phi) is 8.48. The van der Waals surface area contributed by atoms with Gasteiger partial charge in [0.2, 0.25) is 11.7 Å². The van der Waals surface area contributed by atoms with Gasteiger partial charge < -0.3 is 30.5 Å². The Morgan fingerprint density at radius 3 is 2.56 bits per heavy atom. The second-order valence-electron chi connectivity index (χ2n) is 13.5. The van der Waals surface area contributed by atoms with E-state index in [0.717, 1.165) is 24.0 Å². The van der Waals surface area contributed by atoms with Crippen LogP contribution in [0, 0.1) is 28.6 Å². The molecule has 3 fully saturated rings. The van der Waals surface area contributed by atoms with Crippen molar-refractivity contribution in [2.75, 3.05) is 13.2 Å². The topological polar surface area (TPSA) is 170 Å². The van der Waals surface area contributed by atoms with Gasteiger partial charge in [-0.05, 0) is 91.9 Å². The van der Waals surface area contributed by atoms with Gasteiger partial charge in [0.25, 0.3) is 0 Å². The number of aliphatic hydroxyl groups is 2. The molecule has 1 aromatic carbocycles. The summed E-state index contributed by atoms with van der Waals surface area (Å²) >= 11 is 0. The predicted octanol–water partition coefficient (Wildman–Crippen LogP) is 2.88. The van der Waals surface area contributed by atoms with Crippen molar-refractivity contribution in [2.45, 2.75) is 89.8 Å². The summed E-state index contributed by atoms with van der Waals surface area (Å²) in [5.74, 6) is -1.88. The number of amides is 1. The molecular formula is C33H43NO9. The number of benzene rings is 1. The van der Waals surface area contributed by atoms with Gasteiger partial charge in [-0.2, -0.15) is 0 Å². The lowest BCUT2D eigenvalue weighted by molar-refractivity contribution is -0.184. The summed E-state index contributed by atoms with van der Waals surface area (Å²) in [7, 11) is 0. The van der Waals surface area contributed by atoms with Gasteiger partial charge in [-0.3, -0.25) is 19.2 Å². The van der Waals surface area contributed by atoms with Crippen molar-refractivity contribution in [3.8, 4) is 11.5 Å². The number of rotatable bonds is 9. The molecule has 10 nitrogen and oxygen atoms in total. The number of esters is 1. The van der Waals surface area contributed by atoms with E-state index in [2.05, 4.69) is 12.2 Å². The molecule has 43 heavy (non-hydrogen) atoms. The number of carbonyl (C=O) groups excluding carboxylic acids is 4. The first-order valence-electron chi connectivity index (χ1n) is 15.4. The van der Waals surface area contributed by atoms with Gasteiger partial charge in [0, 0.05) is 24.8 Å². The van der Waals surface area contributed by atoms with Crippen LogP contribution in [0.1, 0.15) is 77.2 Å². The zero-order valence-corrected chi connectivity index (χ0v) is 24.9. The molecule has 10 heteroatoms. The summed E-state index contributed by atoms with van der Waals surface area (Å²) in [5, 5.41) is 44.9. The molecule has 0 heterocycles. The largest absolute Gasteiger partial charge is 0.504 e. The molecule has 234 valence electrons. The van der Waals surface area contributed by atoms with E-state index >= 15 is 0 Å². The van der Waals surface area contributed by atoms with Gasteiger partial charge in [-0.15, -0.1) is 0 Å². The number of phenolic OH excluding ortho intramolecular Hbond substituents is 2. The van der Waals surface area contributed by atoms with Gasteiger partial charge in [-0.1, -0.05) is 25.5 Å². The molecule has 0 radical (unpaired) electrons. The Labute approximate surface area is 251 Å². The van der Waals surface area contributed by atoms with E-state index in [1.165, 1.54) is 12.1 Å². The number of hydrogen-bond acceptors (Lipinski definition) is 9. The maximum Gasteiger partial charge on any atom is 0.306 e. The molecule has 1 amide bonds. The first-order valence-corrected chi connectivity index (χ1v) is 15.4. The van der Waals surface area contributed by atoms with E-state index in [9.17, 15) is 39.6 Å². The maximum atomic E-state index is 13.4. The van der Waals surface area contributed by atoms with Gasteiger partial charge in [0.15, 0.2) is 23.9 Å². The third-order valence-electron chi connectivity index (χ3n) is 11.2. The van der Waals surface area contributed by atoms with Crippen LogP contribution in [0.4, 0.5) is 0 Å². The minimum atomic E-state index is -1.73. The van der Waals surface area contributed by atoms with Crippen molar-refractivity contribution in [3.05, 3.63) is 35.4 Å². The van der Waals surface area contributed by atoms with Gasteiger partial charge in [0.05, 0.1) is 12.5 Å². The minimum Gasteiger partial charge on any atom is -0.504 e. The lowest BCUT2D eigenvalue weighted by Gasteiger charge is -2.60. The van der Waals surface area contributed by atoms with Crippen molar-refractivity contribution in [3.63, 3.8) is 0 Å². The molecule has 7 atom stereocenters. The average molecular weight is 598 g/mol. The van der Waals surface area contributed by atoms with Crippen LogP contribution in [-0.4, -0.2) is 68.7 Å². The maximum absolute atomic E-state index is 13.4. The summed E-state index contributed by atoms with van der Waals surface area (Å²) < 4.78 is 5.20. The summed E-state index contributed by atoms with van der Waals surface area (Å²) in [6.07, 6.45) is 5.00. The number of allylic oxidation sites excluding steroid dienone is 1. The number of ketones is 2. The van der Waals surface area contributed by atoms with Crippen LogP contribution < -0.4 is 5.32 Å². The van der Waals surface area contributed by atoms with Crippen LogP contribution in [0.2, 0.25) is 0 Å². The number of aromatic hydroxyl groups is 2. The van der Waals surface area contributed by atoms with Crippen LogP contribution in [0.5, 0.6) is 11.5 Å². The van der Waals surface area contributed by atoms with Crippen LogP contribution in [0.15, 0.2) is 29.8 Å². The number of carbonyl (C=O) groups is 4. The van der Waals surface area contributed by atoms with Gasteiger partial charge >= 0.3 is 5.97 Å². The first kappa shape index (κ1) is 31.2. The van der Waals surface area contributed by atoms with E-state index in [1.807, 2.05) is 6.92 Å². The SMILES string of the molecule is C[C@]12CCC(=O)C=C1CC[C@@H]1[C@@H]2[C@H](O)C[C@@]2(C)[C@@H]1CC[C@]2(O)C(=O)COC(=O)CCC(=O)NCCc1ccc(O)c(O)c1. The number of Topliss-reactive ketones (excluding diaryl/α,β-unsaturated/α-hetero) is 1. The Hall–Kier alpha value is -3.24. The molecule has 0 spiro atoms. The fourth-order valence-electron chi connectivity index (χ4n) is 8.86. The molecule has 0 aliphatic heterocycles. The zero-order chi connectivity index (χ0) is 31.2. The van der Waals surface area contributed by atoms with E-state index in [4.69, 9.17) is 4.74 Å². The highest BCUT2D eigenvalue weighted by Crippen LogP contribution is 2.67. The number of phenols is 2. The van der Waals surface area contributed by atoms with Gasteiger partial charge in [0.1, 0.15) is 5.60 Å². The van der Waals surface area contributed by atoms with Gasteiger partial charge in [-0.25, -0.2) is 0 Å². The quantitative estimate of drug-likeness (QED) is 0.212. The molecule has 5 rings (SSSR count). The van der Waals surface area contributed by atoms with Crippen LogP contribution in [-0.2, 0) is 30.3 Å². The Balaban J connectivity index is 1.13. The second-order valence-corrected chi connectivity index (χ2v) is 13.5. The molecule has 4 aliphatic rings. The number of hydrogen-bond donors (Lipinski definition) is 5. The van der Waals surface area contributed by atoms with Crippen LogP contribution in [0.3, 0.4) is 0 Å². The lowest BCUT2D eigenvalue weighted by atomic mass is 9.45. The van der Waals surface area contributed by atoms with E-state index in [1.54, 1.807) is 12.1 Å². The van der Waals surface area contributed by atoms with Crippen LogP contribution >= 0.6 is 0 Å². The molecular weight excluding hydrogens is 554 g/mol. The molecule has 0 bridgehead atoms. The Morgan fingerprint density at radius 2 is 1.81 bits per heavy atom. The Morgan fingerprint density at radius 1 is 1.05 bits per heavy atom. The second kappa shape index (κ2) is 11.7. The monoisotopic (exact) mass is 597 g/mol. The standard InChI is InChI=1S/C33H43NO9/c1-31-12-9-21(35)16-20(31)4-5-22-23-10-13-33(42,32(23,2)17-26(38)30(22)31)27(39)18-43-29(41)8-7-28(40)34-14-11-19-3-6-24(36)25(37)15-19/h3,6,15-16,22-23,26,30,36-38,42H,4-5,7-14,17-18H2,1-2H3,(H,34,40)/t22-,23+,26+,30+,31-,32-,33-/m0/s1. The summed E-state index contributed by atoms with van der Waals surface area (Å²) in [5.41, 5.74) is -1.02. The van der Waals surface area contributed by atoms with E-state index in [0.29, 0.717) is 25.7 Å². The first-order chi connectivity index (χ1) is 20.3. The minimum absolute atomic E-state index is 0.0239. The lowest BCUT2D eigenvalue weighted by Crippen LogP contribution is -2.62. The number of ether oxygens (including phenoxy) is 1. The molecule has 5 N–H and O–H groups in total. The molecule has 1 aromatic rings. The normalized spacial score (nSPS) is 34.8. The number of aliphatic hydroxyl groups excluding tert-OH is 1. The number of nitrogens with one attached hydrogen (secondary N) is 1. The molecule has 0 saturated heterocycles. The highest BCUT2D eigenvalue weighted by Gasteiger charge is 2.68. The molecule has 0 unspecified atom stereocenters. The van der Waals surface area contributed by atoms with Crippen molar-refractivity contribution in [1.82, 2.24) is 5.32 Å². The third kappa shape index (κ3) is 5.59. The van der Waals surface area contributed by atoms with Crippen LogP contribution in [0.25, 0.3) is 0 Å². The van der Waals surface area contributed by atoms with E-state index in [-0.39, 0.29) is 78.6 Å². The fraction of sp³-hybridized carbons (Fsp3) is 0.636. The zero-order valence-electron chi connectivity index (χ0n) is 24.9. The molecule has 3 saturated carbocycles. The van der Waals surface area contributed by atoms with Crippen molar-refractivity contribution in [2.24, 2.45) is 28.6 Å². The molecule has 4 aliphatic carbocycles. The van der Waals surface area contributed by atoms with Crippen molar-refractivity contribution >= 4 is 23.4 Å². The van der Waals surface area contributed by atoms with Crippen molar-refractivity contribution < 1.29 is 44.3 Å². The smallest absolute Gasteiger partial charge is 0.306 e. The molecule has 0 aromatic heterocycles. The highest BCUT2D eigenvalue weighted by atomic mass is 16.5. The van der Waals surface area contributed by atoms with Crippen molar-refractivity contribution in [1.29, 1.82) is 0 Å². The van der Waals surface area contributed by atoms with E-state index < -0.39 is 35.5 Å². The predicted molar refractivity (Wildman–Crippen MR) is 155 cm³/mol. The third-order valence-corrected chi connectivity index (χ3v) is 11.2. The highest BCUT2D eigenvalue weighted by molar-refractivity contribution is 5.92. The average Bonchev–Trinajstić information content (AvgIpc) is 3.23. The summed E-state index contributed by atoms with van der Waals surface area (Å²) in [6.45, 7) is 3.71. The summed E-state index contributed by atoms with van der Waals surface area (Å²) in [6, 6.07) is 4.40. The Bertz CT molecular complexity index is 1340. The number of fused-ring (bicyclic) bond motifs is 5. The fourth-order valence-corrected chi connectivity index (χ4v) is 8.86. The summed E-state index contributed by atoms with van der Waals surface area (Å²) in [4.78, 5) is 50.1.